The maximum Gasteiger partial charge on any atom is 0.257 e. The van der Waals surface area contributed by atoms with Crippen LogP contribution in [0.3, 0.4) is 0 Å². The number of hydrogen-bond donors (Lipinski definition) is 1. The summed E-state index contributed by atoms with van der Waals surface area (Å²) in [5.74, 6) is 0.467. The third kappa shape index (κ3) is 3.74. The molecule has 1 aliphatic carbocycles. The van der Waals surface area contributed by atoms with Gasteiger partial charge in [-0.3, -0.25) is 9.59 Å². The van der Waals surface area contributed by atoms with Gasteiger partial charge in [-0.15, -0.1) is 0 Å². The first kappa shape index (κ1) is 16.7. The van der Waals surface area contributed by atoms with Crippen LogP contribution in [-0.4, -0.2) is 45.8 Å². The smallest absolute Gasteiger partial charge is 0.257 e. The van der Waals surface area contributed by atoms with Crippen molar-refractivity contribution in [3.8, 4) is 11.4 Å². The predicted molar refractivity (Wildman–Crippen MR) is 97.3 cm³/mol. The second-order valence-electron chi connectivity index (χ2n) is 7.03. The van der Waals surface area contributed by atoms with Crippen molar-refractivity contribution in [2.45, 2.75) is 31.7 Å². The van der Waals surface area contributed by atoms with Gasteiger partial charge in [-0.2, -0.15) is 0 Å². The largest absolute Gasteiger partial charge is 0.353 e. The Morgan fingerprint density at radius 1 is 1.04 bits per heavy atom. The number of carbonyl (C=O) groups is 2. The molecule has 6 nitrogen and oxygen atoms in total. The summed E-state index contributed by atoms with van der Waals surface area (Å²) in [7, 11) is 0. The van der Waals surface area contributed by atoms with Crippen LogP contribution in [0.1, 0.15) is 36.0 Å². The summed E-state index contributed by atoms with van der Waals surface area (Å²) in [5, 5.41) is 3.05. The lowest BCUT2D eigenvalue weighted by atomic mass is 9.96. The van der Waals surface area contributed by atoms with Crippen LogP contribution in [0.5, 0.6) is 0 Å². The van der Waals surface area contributed by atoms with E-state index in [-0.39, 0.29) is 17.7 Å². The standard InChI is InChI=1S/C20H22N4O2/c25-19(23-17-8-9-17)15-7-4-10-24(13-15)20(26)16-11-21-18(22-12-16)14-5-2-1-3-6-14/h1-3,5-6,11-12,15,17H,4,7-10,13H2,(H,23,25). The summed E-state index contributed by atoms with van der Waals surface area (Å²) in [4.78, 5) is 35.5. The Morgan fingerprint density at radius 3 is 2.46 bits per heavy atom. The average molecular weight is 350 g/mol. The van der Waals surface area contributed by atoms with E-state index in [9.17, 15) is 9.59 Å². The van der Waals surface area contributed by atoms with E-state index >= 15 is 0 Å². The van der Waals surface area contributed by atoms with Gasteiger partial charge in [0.05, 0.1) is 11.5 Å². The lowest BCUT2D eigenvalue weighted by Crippen LogP contribution is -2.45. The Balaban J connectivity index is 1.42. The molecule has 1 saturated heterocycles. The Morgan fingerprint density at radius 2 is 1.77 bits per heavy atom. The molecule has 2 aliphatic rings. The van der Waals surface area contributed by atoms with Gasteiger partial charge >= 0.3 is 0 Å². The third-order valence-electron chi connectivity index (χ3n) is 4.93. The van der Waals surface area contributed by atoms with Gasteiger partial charge in [0, 0.05) is 37.1 Å². The molecule has 1 atom stereocenters. The van der Waals surface area contributed by atoms with E-state index in [1.54, 1.807) is 17.3 Å². The molecule has 0 bridgehead atoms. The molecule has 0 radical (unpaired) electrons. The van der Waals surface area contributed by atoms with Crippen LogP contribution in [0.25, 0.3) is 11.4 Å². The highest BCUT2D eigenvalue weighted by Crippen LogP contribution is 2.23. The van der Waals surface area contributed by atoms with Gasteiger partial charge in [0.2, 0.25) is 5.91 Å². The van der Waals surface area contributed by atoms with E-state index in [4.69, 9.17) is 0 Å². The molecular weight excluding hydrogens is 328 g/mol. The Labute approximate surface area is 152 Å². The van der Waals surface area contributed by atoms with Crippen molar-refractivity contribution < 1.29 is 9.59 Å². The molecule has 1 aliphatic heterocycles. The van der Waals surface area contributed by atoms with Gasteiger partial charge in [-0.25, -0.2) is 9.97 Å². The number of rotatable bonds is 4. The van der Waals surface area contributed by atoms with Gasteiger partial charge in [0.1, 0.15) is 0 Å². The van der Waals surface area contributed by atoms with Crippen molar-refractivity contribution in [2.24, 2.45) is 5.92 Å². The second kappa shape index (κ2) is 7.23. The minimum Gasteiger partial charge on any atom is -0.353 e. The fourth-order valence-electron chi connectivity index (χ4n) is 3.28. The normalized spacial score (nSPS) is 19.8. The van der Waals surface area contributed by atoms with Gasteiger partial charge in [-0.05, 0) is 25.7 Å². The highest BCUT2D eigenvalue weighted by molar-refractivity contribution is 5.94. The fourth-order valence-corrected chi connectivity index (χ4v) is 3.28. The molecule has 134 valence electrons. The molecule has 1 aromatic heterocycles. The summed E-state index contributed by atoms with van der Waals surface area (Å²) < 4.78 is 0. The van der Waals surface area contributed by atoms with Crippen LogP contribution in [0.15, 0.2) is 42.7 Å². The summed E-state index contributed by atoms with van der Waals surface area (Å²) in [5.41, 5.74) is 1.38. The molecule has 2 fully saturated rings. The Hall–Kier alpha value is -2.76. The van der Waals surface area contributed by atoms with Gasteiger partial charge < -0.3 is 10.2 Å². The minimum atomic E-state index is -0.113. The molecule has 6 heteroatoms. The summed E-state index contributed by atoms with van der Waals surface area (Å²) in [6.07, 6.45) is 6.98. The molecule has 2 heterocycles. The molecule has 1 aromatic carbocycles. The van der Waals surface area contributed by atoms with Crippen LogP contribution in [0.2, 0.25) is 0 Å². The van der Waals surface area contributed by atoms with E-state index in [1.807, 2.05) is 30.3 Å². The lowest BCUT2D eigenvalue weighted by Gasteiger charge is -2.32. The highest BCUT2D eigenvalue weighted by Gasteiger charge is 2.32. The van der Waals surface area contributed by atoms with Crippen molar-refractivity contribution in [2.75, 3.05) is 13.1 Å². The van der Waals surface area contributed by atoms with Crippen LogP contribution < -0.4 is 5.32 Å². The molecule has 2 aromatic rings. The van der Waals surface area contributed by atoms with Crippen molar-refractivity contribution in [3.63, 3.8) is 0 Å². The van der Waals surface area contributed by atoms with Gasteiger partial charge in [-0.1, -0.05) is 30.3 Å². The summed E-state index contributed by atoms with van der Waals surface area (Å²) in [6.45, 7) is 1.14. The number of amides is 2. The molecule has 1 unspecified atom stereocenters. The first-order valence-corrected chi connectivity index (χ1v) is 9.18. The minimum absolute atomic E-state index is 0.0840. The number of likely N-dealkylation sites (tertiary alicyclic amines) is 1. The topological polar surface area (TPSA) is 75.2 Å². The molecule has 1 N–H and O–H groups in total. The average Bonchev–Trinajstić information content (AvgIpc) is 3.52. The number of hydrogen-bond acceptors (Lipinski definition) is 4. The van der Waals surface area contributed by atoms with E-state index in [0.29, 0.717) is 30.5 Å². The zero-order valence-corrected chi connectivity index (χ0v) is 14.6. The second-order valence-corrected chi connectivity index (χ2v) is 7.03. The fraction of sp³-hybridized carbons (Fsp3) is 0.400. The van der Waals surface area contributed by atoms with Crippen molar-refractivity contribution in [1.82, 2.24) is 20.2 Å². The predicted octanol–water partition coefficient (Wildman–Crippen LogP) is 2.27. The van der Waals surface area contributed by atoms with Crippen LogP contribution >= 0.6 is 0 Å². The quantitative estimate of drug-likeness (QED) is 0.918. The number of piperidine rings is 1. The van der Waals surface area contributed by atoms with Crippen LogP contribution in [0.4, 0.5) is 0 Å². The monoisotopic (exact) mass is 350 g/mol. The molecule has 4 rings (SSSR count). The number of benzene rings is 1. The number of carbonyl (C=O) groups excluding carboxylic acids is 2. The Kier molecular flexibility index (Phi) is 4.65. The van der Waals surface area contributed by atoms with Gasteiger partial charge in [0.25, 0.3) is 5.91 Å². The third-order valence-corrected chi connectivity index (χ3v) is 4.93. The maximum atomic E-state index is 12.8. The summed E-state index contributed by atoms with van der Waals surface area (Å²) in [6, 6.07) is 10.0. The molecule has 2 amide bonds. The van der Waals surface area contributed by atoms with Crippen molar-refractivity contribution in [1.29, 1.82) is 0 Å². The maximum absolute atomic E-state index is 12.8. The molecular formula is C20H22N4O2. The SMILES string of the molecule is O=C(NC1CC1)C1CCCN(C(=O)c2cnc(-c3ccccc3)nc2)C1. The van der Waals surface area contributed by atoms with E-state index in [0.717, 1.165) is 31.2 Å². The number of nitrogens with one attached hydrogen (secondary N) is 1. The summed E-state index contributed by atoms with van der Waals surface area (Å²) >= 11 is 0. The van der Waals surface area contributed by atoms with Crippen molar-refractivity contribution >= 4 is 11.8 Å². The van der Waals surface area contributed by atoms with E-state index in [2.05, 4.69) is 15.3 Å². The van der Waals surface area contributed by atoms with Crippen LogP contribution in [0, 0.1) is 5.92 Å². The number of nitrogens with zero attached hydrogens (tertiary/aromatic N) is 3. The highest BCUT2D eigenvalue weighted by atomic mass is 16.2. The van der Waals surface area contributed by atoms with Crippen LogP contribution in [-0.2, 0) is 4.79 Å². The Bertz CT molecular complexity index is 787. The first-order chi connectivity index (χ1) is 12.7. The van der Waals surface area contributed by atoms with Crippen molar-refractivity contribution in [3.05, 3.63) is 48.3 Å². The van der Waals surface area contributed by atoms with Gasteiger partial charge in [0.15, 0.2) is 5.82 Å². The molecule has 0 spiro atoms. The molecule has 1 saturated carbocycles. The lowest BCUT2D eigenvalue weighted by molar-refractivity contribution is -0.126. The first-order valence-electron chi connectivity index (χ1n) is 9.18. The van der Waals surface area contributed by atoms with E-state index in [1.165, 1.54) is 0 Å². The zero-order chi connectivity index (χ0) is 17.9. The zero-order valence-electron chi connectivity index (χ0n) is 14.6. The number of aromatic nitrogens is 2. The molecule has 26 heavy (non-hydrogen) atoms. The van der Waals surface area contributed by atoms with E-state index < -0.39 is 0 Å².